The fraction of sp³-hybridized carbons (Fsp3) is 0.261. The molecule has 5 heteroatoms. The maximum atomic E-state index is 6.92. The molecule has 0 aliphatic heterocycles. The Morgan fingerprint density at radius 2 is 1.50 bits per heavy atom. The maximum absolute atomic E-state index is 6.92. The zero-order valence-corrected chi connectivity index (χ0v) is 19.8. The van der Waals surface area contributed by atoms with Crippen molar-refractivity contribution in [2.24, 2.45) is 0 Å². The minimum absolute atomic E-state index is 0.0250. The number of pyridine rings is 1. The summed E-state index contributed by atoms with van der Waals surface area (Å²) < 4.78 is 7.88. The molecule has 146 valence electrons. The lowest BCUT2D eigenvalue weighted by Crippen LogP contribution is -2.66. The molecule has 3 rings (SSSR count). The van der Waals surface area contributed by atoms with E-state index < -0.39 is 8.32 Å². The zero-order chi connectivity index (χ0) is 20.2. The maximum Gasteiger partial charge on any atom is 0.261 e. The van der Waals surface area contributed by atoms with Crippen LogP contribution in [0, 0.1) is 0 Å². The average Bonchev–Trinajstić information content (AvgIpc) is 2.68. The van der Waals surface area contributed by atoms with E-state index in [4.69, 9.17) is 16.0 Å². The lowest BCUT2D eigenvalue weighted by atomic mass is 10.2. The molecule has 0 radical (unpaired) electrons. The highest BCUT2D eigenvalue weighted by atomic mass is 79.9. The van der Waals surface area contributed by atoms with Gasteiger partial charge in [0.15, 0.2) is 0 Å². The minimum atomic E-state index is -2.50. The summed E-state index contributed by atoms with van der Waals surface area (Å²) in [7, 11) is -2.50. The number of rotatable bonds is 6. The summed E-state index contributed by atoms with van der Waals surface area (Å²) in [6.45, 7) is 7.49. The van der Waals surface area contributed by atoms with E-state index in [1.807, 2.05) is 6.07 Å². The lowest BCUT2D eigenvalue weighted by Gasteiger charge is -2.43. The number of nitrogens with zero attached hydrogens (tertiary/aromatic N) is 1. The molecule has 3 aromatic rings. The standard InChI is InChI=1S/C23H25BrClNOSi/c1-23(2,3)28(19-10-6-4-7-11-19,20-12-8-5-9-13-20)27-15-14-18-16-22(25)26-17-21(18)24/h4-13,16-17H,14-15H2,1-3H3. The smallest absolute Gasteiger partial charge is 0.261 e. The van der Waals surface area contributed by atoms with Crippen molar-refractivity contribution in [2.75, 3.05) is 6.61 Å². The van der Waals surface area contributed by atoms with E-state index >= 15 is 0 Å². The Balaban J connectivity index is 2.00. The van der Waals surface area contributed by atoms with Crippen molar-refractivity contribution in [3.8, 4) is 0 Å². The first-order valence-electron chi connectivity index (χ1n) is 9.39. The van der Waals surface area contributed by atoms with E-state index in [-0.39, 0.29) is 5.04 Å². The molecule has 0 aliphatic carbocycles. The Kier molecular flexibility index (Phi) is 6.76. The first kappa shape index (κ1) is 21.3. The molecule has 0 saturated carbocycles. The minimum Gasteiger partial charge on any atom is -0.407 e. The molecule has 2 aromatic carbocycles. The van der Waals surface area contributed by atoms with Crippen molar-refractivity contribution in [1.82, 2.24) is 4.98 Å². The van der Waals surface area contributed by atoms with Gasteiger partial charge in [-0.05, 0) is 49.4 Å². The summed E-state index contributed by atoms with van der Waals surface area (Å²) in [6, 6.07) is 23.3. The molecule has 2 nitrogen and oxygen atoms in total. The summed E-state index contributed by atoms with van der Waals surface area (Å²) in [5, 5.41) is 3.06. The highest BCUT2D eigenvalue weighted by Gasteiger charge is 2.49. The highest BCUT2D eigenvalue weighted by Crippen LogP contribution is 2.36. The van der Waals surface area contributed by atoms with Crippen LogP contribution in [0.1, 0.15) is 26.3 Å². The molecular weight excluding hydrogens is 450 g/mol. The van der Waals surface area contributed by atoms with Crippen LogP contribution in [0.15, 0.2) is 77.4 Å². The third-order valence-corrected chi connectivity index (χ3v) is 11.0. The van der Waals surface area contributed by atoms with Gasteiger partial charge in [0.1, 0.15) is 5.15 Å². The third-order valence-electron chi connectivity index (χ3n) is 5.01. The van der Waals surface area contributed by atoms with Gasteiger partial charge in [0.2, 0.25) is 0 Å². The largest absolute Gasteiger partial charge is 0.407 e. The van der Waals surface area contributed by atoms with Crippen LogP contribution < -0.4 is 10.4 Å². The first-order chi connectivity index (χ1) is 13.3. The molecule has 0 N–H and O–H groups in total. The molecule has 0 spiro atoms. The SMILES string of the molecule is CC(C)(C)[Si](OCCc1cc(Cl)ncc1Br)(c1ccccc1)c1ccccc1. The van der Waals surface area contributed by atoms with Gasteiger partial charge in [-0.2, -0.15) is 0 Å². The van der Waals surface area contributed by atoms with Gasteiger partial charge in [-0.25, -0.2) is 4.98 Å². The van der Waals surface area contributed by atoms with Crippen molar-refractivity contribution in [3.05, 3.63) is 88.1 Å². The van der Waals surface area contributed by atoms with Crippen LogP contribution in [0.3, 0.4) is 0 Å². The quantitative estimate of drug-likeness (QED) is 0.342. The van der Waals surface area contributed by atoms with Gasteiger partial charge in [-0.1, -0.05) is 93.0 Å². The van der Waals surface area contributed by atoms with Crippen molar-refractivity contribution >= 4 is 46.2 Å². The van der Waals surface area contributed by atoms with Crippen molar-refractivity contribution in [2.45, 2.75) is 32.2 Å². The Morgan fingerprint density at radius 1 is 0.964 bits per heavy atom. The van der Waals surface area contributed by atoms with Gasteiger partial charge in [0, 0.05) is 17.3 Å². The van der Waals surface area contributed by atoms with Gasteiger partial charge >= 0.3 is 0 Å². The summed E-state index contributed by atoms with van der Waals surface area (Å²) in [6.07, 6.45) is 2.52. The van der Waals surface area contributed by atoms with Gasteiger partial charge in [0.25, 0.3) is 8.32 Å². The molecule has 0 fully saturated rings. The second kappa shape index (κ2) is 8.91. The fourth-order valence-corrected chi connectivity index (χ4v) is 8.88. The molecule has 1 heterocycles. The molecule has 0 atom stereocenters. The van der Waals surface area contributed by atoms with Gasteiger partial charge in [0.05, 0.1) is 0 Å². The Labute approximate surface area is 182 Å². The monoisotopic (exact) mass is 473 g/mol. The van der Waals surface area contributed by atoms with Crippen molar-refractivity contribution < 1.29 is 4.43 Å². The third kappa shape index (κ3) is 4.41. The van der Waals surface area contributed by atoms with Crippen molar-refractivity contribution in [3.63, 3.8) is 0 Å². The predicted molar refractivity (Wildman–Crippen MR) is 124 cm³/mol. The number of hydrogen-bond donors (Lipinski definition) is 0. The van der Waals surface area contributed by atoms with E-state index in [1.165, 1.54) is 10.4 Å². The predicted octanol–water partition coefficient (Wildman–Crippen LogP) is 5.62. The molecule has 0 unspecified atom stereocenters. The van der Waals surface area contributed by atoms with Crippen LogP contribution in [0.5, 0.6) is 0 Å². The lowest BCUT2D eigenvalue weighted by molar-refractivity contribution is 0.301. The van der Waals surface area contributed by atoms with Gasteiger partial charge in [-0.3, -0.25) is 0 Å². The van der Waals surface area contributed by atoms with E-state index in [0.29, 0.717) is 11.8 Å². The summed E-state index contributed by atoms with van der Waals surface area (Å²) in [4.78, 5) is 4.12. The van der Waals surface area contributed by atoms with E-state index in [9.17, 15) is 0 Å². The summed E-state index contributed by atoms with van der Waals surface area (Å²) >= 11 is 9.66. The average molecular weight is 475 g/mol. The Bertz CT molecular complexity index is 873. The molecular formula is C23H25BrClNOSi. The Hall–Kier alpha value is -1.46. The van der Waals surface area contributed by atoms with Crippen LogP contribution in [-0.2, 0) is 10.8 Å². The van der Waals surface area contributed by atoms with Crippen molar-refractivity contribution in [1.29, 1.82) is 0 Å². The number of benzene rings is 2. The Morgan fingerprint density at radius 3 is 2.00 bits per heavy atom. The second-order valence-corrected chi connectivity index (χ2v) is 13.4. The van der Waals surface area contributed by atoms with Crippen LogP contribution in [0.4, 0.5) is 0 Å². The molecule has 0 saturated heterocycles. The summed E-state index contributed by atoms with van der Waals surface area (Å²) in [5.41, 5.74) is 1.11. The molecule has 1 aromatic heterocycles. The van der Waals surface area contributed by atoms with Gasteiger partial charge < -0.3 is 4.43 Å². The van der Waals surface area contributed by atoms with E-state index in [1.54, 1.807) is 6.20 Å². The molecule has 0 aliphatic rings. The second-order valence-electron chi connectivity index (χ2n) is 7.86. The number of hydrogen-bond acceptors (Lipinski definition) is 2. The van der Waals surface area contributed by atoms with Crippen LogP contribution in [0.2, 0.25) is 10.2 Å². The van der Waals surface area contributed by atoms with Crippen LogP contribution >= 0.6 is 27.5 Å². The fourth-order valence-electron chi connectivity index (χ4n) is 3.72. The molecule has 0 bridgehead atoms. The van der Waals surface area contributed by atoms with Crippen LogP contribution in [-0.4, -0.2) is 19.9 Å². The normalized spacial score (nSPS) is 12.2. The summed E-state index contributed by atoms with van der Waals surface area (Å²) in [5.74, 6) is 0. The molecule has 0 amide bonds. The van der Waals surface area contributed by atoms with Crippen LogP contribution in [0.25, 0.3) is 0 Å². The highest BCUT2D eigenvalue weighted by molar-refractivity contribution is 9.10. The number of aromatic nitrogens is 1. The topological polar surface area (TPSA) is 22.1 Å². The zero-order valence-electron chi connectivity index (χ0n) is 16.5. The number of halogens is 2. The first-order valence-corrected chi connectivity index (χ1v) is 12.5. The van der Waals surface area contributed by atoms with E-state index in [0.717, 1.165) is 16.5 Å². The van der Waals surface area contributed by atoms with Gasteiger partial charge in [-0.15, -0.1) is 0 Å². The molecule has 28 heavy (non-hydrogen) atoms. The van der Waals surface area contributed by atoms with E-state index in [2.05, 4.69) is 102 Å².